The summed E-state index contributed by atoms with van der Waals surface area (Å²) in [6, 6.07) is 12.4. The van der Waals surface area contributed by atoms with E-state index in [4.69, 9.17) is 5.73 Å². The Morgan fingerprint density at radius 1 is 1.22 bits per heavy atom. The first kappa shape index (κ1) is 12.6. The number of carbonyl (C=O) groups excluding carboxylic acids is 1. The van der Waals surface area contributed by atoms with Gasteiger partial charge in [-0.25, -0.2) is 0 Å². The minimum Gasteiger partial charge on any atom is -0.369 e. The predicted molar refractivity (Wildman–Crippen MR) is 73.9 cm³/mol. The summed E-state index contributed by atoms with van der Waals surface area (Å²) in [6.07, 6.45) is 1.64. The van der Waals surface area contributed by atoms with Gasteiger partial charge in [-0.2, -0.15) is 0 Å². The molecule has 2 aromatic rings. The monoisotopic (exact) mass is 305 g/mol. The number of benzene rings is 1. The van der Waals surface area contributed by atoms with Crippen molar-refractivity contribution in [3.8, 4) is 0 Å². The molecular formula is C13H12BrN3O. The summed E-state index contributed by atoms with van der Waals surface area (Å²) in [4.78, 5) is 15.7. The average molecular weight is 306 g/mol. The minimum atomic E-state index is -0.638. The van der Waals surface area contributed by atoms with E-state index in [1.807, 2.05) is 36.4 Å². The van der Waals surface area contributed by atoms with E-state index in [0.717, 1.165) is 10.2 Å². The third-order valence-corrected chi connectivity index (χ3v) is 2.88. The van der Waals surface area contributed by atoms with E-state index in [9.17, 15) is 4.79 Å². The van der Waals surface area contributed by atoms with Crippen molar-refractivity contribution in [1.29, 1.82) is 0 Å². The summed E-state index contributed by atoms with van der Waals surface area (Å²) in [5.41, 5.74) is 6.82. The van der Waals surface area contributed by atoms with Crippen LogP contribution in [0.1, 0.15) is 11.7 Å². The van der Waals surface area contributed by atoms with Crippen LogP contribution in [0.25, 0.3) is 0 Å². The minimum absolute atomic E-state index is 0.464. The topological polar surface area (TPSA) is 68.0 Å². The maximum Gasteiger partial charge on any atom is 0.246 e. The van der Waals surface area contributed by atoms with Crippen LogP contribution in [0.5, 0.6) is 0 Å². The molecule has 0 fully saturated rings. The molecule has 0 radical (unpaired) electrons. The second kappa shape index (κ2) is 5.64. The van der Waals surface area contributed by atoms with Crippen LogP contribution in [0.3, 0.4) is 0 Å². The number of para-hydroxylation sites is 1. The molecule has 18 heavy (non-hydrogen) atoms. The van der Waals surface area contributed by atoms with Crippen LogP contribution in [0.4, 0.5) is 5.69 Å². The molecule has 1 amide bonds. The average Bonchev–Trinajstić information content (AvgIpc) is 2.38. The number of nitrogens with one attached hydrogen (secondary N) is 1. The molecule has 1 unspecified atom stereocenters. The van der Waals surface area contributed by atoms with Gasteiger partial charge in [0.1, 0.15) is 6.04 Å². The quantitative estimate of drug-likeness (QED) is 0.912. The van der Waals surface area contributed by atoms with Crippen molar-refractivity contribution in [3.05, 3.63) is 58.8 Å². The molecule has 1 heterocycles. The van der Waals surface area contributed by atoms with Gasteiger partial charge in [0.2, 0.25) is 5.91 Å². The van der Waals surface area contributed by atoms with Gasteiger partial charge in [0.05, 0.1) is 5.69 Å². The highest BCUT2D eigenvalue weighted by Crippen LogP contribution is 2.19. The van der Waals surface area contributed by atoms with Crippen molar-refractivity contribution >= 4 is 27.5 Å². The lowest BCUT2D eigenvalue weighted by molar-refractivity contribution is -0.118. The smallest absolute Gasteiger partial charge is 0.246 e. The van der Waals surface area contributed by atoms with Crippen LogP contribution in [-0.4, -0.2) is 10.9 Å². The Kier molecular flexibility index (Phi) is 3.94. The van der Waals surface area contributed by atoms with Crippen molar-refractivity contribution in [2.24, 2.45) is 5.73 Å². The largest absolute Gasteiger partial charge is 0.369 e. The van der Waals surface area contributed by atoms with Gasteiger partial charge in [-0.15, -0.1) is 0 Å². The number of pyridine rings is 1. The predicted octanol–water partition coefficient (Wildman–Crippen LogP) is 2.48. The first-order valence-corrected chi connectivity index (χ1v) is 6.18. The Bertz CT molecular complexity index is 528. The van der Waals surface area contributed by atoms with Crippen LogP contribution in [0.2, 0.25) is 0 Å². The van der Waals surface area contributed by atoms with Crippen molar-refractivity contribution in [1.82, 2.24) is 4.98 Å². The fourth-order valence-corrected chi connectivity index (χ4v) is 1.78. The van der Waals surface area contributed by atoms with Gasteiger partial charge >= 0.3 is 0 Å². The fourth-order valence-electron chi connectivity index (χ4n) is 1.55. The molecule has 4 nitrogen and oxygen atoms in total. The number of primary amides is 1. The van der Waals surface area contributed by atoms with Gasteiger partial charge < -0.3 is 11.1 Å². The molecule has 1 aromatic heterocycles. The number of anilines is 1. The zero-order valence-corrected chi connectivity index (χ0v) is 11.1. The van der Waals surface area contributed by atoms with Crippen molar-refractivity contribution in [3.63, 3.8) is 0 Å². The Morgan fingerprint density at radius 2 is 1.94 bits per heavy atom. The molecule has 3 N–H and O–H groups in total. The van der Waals surface area contributed by atoms with E-state index in [0.29, 0.717) is 5.69 Å². The fraction of sp³-hybridized carbons (Fsp3) is 0.0769. The van der Waals surface area contributed by atoms with Gasteiger partial charge in [0, 0.05) is 16.4 Å². The van der Waals surface area contributed by atoms with Crippen LogP contribution < -0.4 is 11.1 Å². The Morgan fingerprint density at radius 3 is 2.50 bits per heavy atom. The maximum atomic E-state index is 11.5. The van der Waals surface area contributed by atoms with E-state index in [2.05, 4.69) is 26.2 Å². The number of hydrogen-bond donors (Lipinski definition) is 2. The first-order valence-electron chi connectivity index (χ1n) is 5.39. The zero-order chi connectivity index (χ0) is 13.0. The summed E-state index contributed by atoms with van der Waals surface area (Å²) in [5.74, 6) is -0.464. The number of aromatic nitrogens is 1. The molecule has 1 aromatic carbocycles. The van der Waals surface area contributed by atoms with E-state index in [1.165, 1.54) is 0 Å². The zero-order valence-electron chi connectivity index (χ0n) is 9.51. The van der Waals surface area contributed by atoms with Crippen molar-refractivity contribution < 1.29 is 4.79 Å². The van der Waals surface area contributed by atoms with Gasteiger partial charge in [0.15, 0.2) is 0 Å². The summed E-state index contributed by atoms with van der Waals surface area (Å²) >= 11 is 3.30. The molecule has 5 heteroatoms. The maximum absolute atomic E-state index is 11.5. The molecule has 0 aliphatic heterocycles. The molecular weight excluding hydrogens is 294 g/mol. The molecule has 92 valence electrons. The van der Waals surface area contributed by atoms with Crippen LogP contribution in [-0.2, 0) is 4.79 Å². The van der Waals surface area contributed by atoms with Crippen LogP contribution in [0, 0.1) is 0 Å². The van der Waals surface area contributed by atoms with Crippen LogP contribution in [0.15, 0.2) is 53.1 Å². The summed E-state index contributed by atoms with van der Waals surface area (Å²) in [6.45, 7) is 0. The molecule has 0 aliphatic rings. The molecule has 0 saturated carbocycles. The number of carbonyl (C=O) groups is 1. The summed E-state index contributed by atoms with van der Waals surface area (Å²) < 4.78 is 0.856. The normalized spacial score (nSPS) is 11.8. The molecule has 0 bridgehead atoms. The molecule has 2 rings (SSSR count). The Labute approximate surface area is 113 Å². The van der Waals surface area contributed by atoms with Gasteiger partial charge in [-0.3, -0.25) is 9.78 Å². The summed E-state index contributed by atoms with van der Waals surface area (Å²) in [5, 5.41) is 3.06. The second-order valence-electron chi connectivity index (χ2n) is 3.75. The third kappa shape index (κ3) is 3.07. The Hall–Kier alpha value is -1.88. The third-order valence-electron chi connectivity index (χ3n) is 2.42. The number of nitrogens with two attached hydrogens (primary N) is 1. The molecule has 1 atom stereocenters. The highest BCUT2D eigenvalue weighted by atomic mass is 79.9. The van der Waals surface area contributed by atoms with Crippen molar-refractivity contribution in [2.75, 3.05) is 5.32 Å². The first-order chi connectivity index (χ1) is 8.66. The second-order valence-corrected chi connectivity index (χ2v) is 4.66. The van der Waals surface area contributed by atoms with Crippen molar-refractivity contribution in [2.45, 2.75) is 6.04 Å². The van der Waals surface area contributed by atoms with Gasteiger partial charge in [-0.05, 0) is 40.2 Å². The van der Waals surface area contributed by atoms with Crippen LogP contribution >= 0.6 is 15.9 Å². The van der Waals surface area contributed by atoms with Gasteiger partial charge in [-0.1, -0.05) is 18.2 Å². The number of amides is 1. The lowest BCUT2D eigenvalue weighted by Gasteiger charge is -2.16. The number of halogens is 1. The lowest BCUT2D eigenvalue weighted by Crippen LogP contribution is -2.28. The number of rotatable bonds is 4. The summed E-state index contributed by atoms with van der Waals surface area (Å²) in [7, 11) is 0. The highest BCUT2D eigenvalue weighted by Gasteiger charge is 2.18. The van der Waals surface area contributed by atoms with E-state index in [-0.39, 0.29) is 0 Å². The standard InChI is InChI=1S/C13H12BrN3O/c14-9-6-7-11(16-8-9)12(13(15)18)17-10-4-2-1-3-5-10/h1-8,12,17H,(H2,15,18). The SMILES string of the molecule is NC(=O)C(Nc1ccccc1)c1ccc(Br)cn1. The number of nitrogens with zero attached hydrogens (tertiary/aromatic N) is 1. The molecule has 0 spiro atoms. The molecule has 0 saturated heterocycles. The number of hydrogen-bond acceptors (Lipinski definition) is 3. The van der Waals surface area contributed by atoms with E-state index < -0.39 is 11.9 Å². The Balaban J connectivity index is 2.24. The van der Waals surface area contributed by atoms with E-state index in [1.54, 1.807) is 12.3 Å². The highest BCUT2D eigenvalue weighted by molar-refractivity contribution is 9.10. The molecule has 0 aliphatic carbocycles. The lowest BCUT2D eigenvalue weighted by atomic mass is 10.1. The van der Waals surface area contributed by atoms with E-state index >= 15 is 0 Å². The van der Waals surface area contributed by atoms with Gasteiger partial charge in [0.25, 0.3) is 0 Å².